The number of aromatic nitrogens is 1. The standard InChI is InChI=1S/C20H22ClF3N6O7S/c1-19(16(25)32,7-8-36-28-18(26)27)14-6-5-13(15(31)30(14)37-17(33)20(22,23)24)29-38(34,35)10-11-3-2-4-12(21)9-11/h2-6,9,29H,7-8,10H2,1H3,(H2,25,32)(H4,26,27,28). The van der Waals surface area contributed by atoms with Crippen LogP contribution in [-0.2, 0) is 35.6 Å². The van der Waals surface area contributed by atoms with Crippen LogP contribution >= 0.6 is 11.6 Å². The zero-order valence-electron chi connectivity index (χ0n) is 19.5. The second-order valence-electron chi connectivity index (χ2n) is 7.91. The summed E-state index contributed by atoms with van der Waals surface area (Å²) in [5, 5.41) is 7.26. The van der Waals surface area contributed by atoms with Crippen LogP contribution < -0.4 is 32.1 Å². The Morgan fingerprint density at radius 3 is 2.39 bits per heavy atom. The number of hydroxylamine groups is 1. The molecule has 1 aromatic heterocycles. The van der Waals surface area contributed by atoms with Gasteiger partial charge < -0.3 is 16.3 Å². The number of nitrogens with two attached hydrogens (primary N) is 2. The summed E-state index contributed by atoms with van der Waals surface area (Å²) in [6.45, 7) is 0.705. The molecule has 38 heavy (non-hydrogen) atoms. The highest BCUT2D eigenvalue weighted by Crippen LogP contribution is 2.28. The predicted octanol–water partition coefficient (Wildman–Crippen LogP) is 0.509. The van der Waals surface area contributed by atoms with Crippen LogP contribution in [0.2, 0.25) is 5.02 Å². The highest BCUT2D eigenvalue weighted by atomic mass is 35.5. The van der Waals surface area contributed by atoms with E-state index in [0.29, 0.717) is 0 Å². The summed E-state index contributed by atoms with van der Waals surface area (Å²) in [6.07, 6.45) is -5.97. The number of hydrogen-bond donors (Lipinski definition) is 5. The molecule has 0 saturated carbocycles. The number of hydrogen-bond acceptors (Lipinski definition) is 8. The summed E-state index contributed by atoms with van der Waals surface area (Å²) in [7, 11) is -4.33. The number of guanidine groups is 1. The number of benzene rings is 1. The van der Waals surface area contributed by atoms with Crippen LogP contribution in [0, 0.1) is 5.41 Å². The number of anilines is 1. The van der Waals surface area contributed by atoms with Gasteiger partial charge in [0.15, 0.2) is 0 Å². The SMILES string of the molecule is CC(CCONC(=N)N)(C(N)=O)c1ccc(NS(=O)(=O)Cc2cccc(Cl)c2)c(=O)n1OC(=O)C(F)(F)F. The lowest BCUT2D eigenvalue weighted by Gasteiger charge is -2.28. The van der Waals surface area contributed by atoms with Crippen molar-refractivity contribution in [1.82, 2.24) is 10.2 Å². The zero-order chi connectivity index (χ0) is 28.9. The summed E-state index contributed by atoms with van der Waals surface area (Å²) in [5.41, 5.74) is 7.71. The molecule has 0 aliphatic heterocycles. The minimum absolute atomic E-state index is 0.170. The fourth-order valence-corrected chi connectivity index (χ4v) is 4.44. The summed E-state index contributed by atoms with van der Waals surface area (Å²) >= 11 is 5.84. The van der Waals surface area contributed by atoms with Crippen molar-refractivity contribution in [3.63, 3.8) is 0 Å². The number of amides is 1. The Hall–Kier alpha value is -3.83. The minimum Gasteiger partial charge on any atom is -0.369 e. The second kappa shape index (κ2) is 11.7. The summed E-state index contributed by atoms with van der Waals surface area (Å²) in [6, 6.07) is 7.49. The maximum absolute atomic E-state index is 13.1. The van der Waals surface area contributed by atoms with Crippen LogP contribution in [0.25, 0.3) is 0 Å². The number of halogens is 4. The van der Waals surface area contributed by atoms with Gasteiger partial charge in [-0.3, -0.25) is 24.6 Å². The smallest absolute Gasteiger partial charge is 0.369 e. The Labute approximate surface area is 218 Å². The van der Waals surface area contributed by atoms with Crippen LogP contribution in [0.15, 0.2) is 41.2 Å². The molecule has 208 valence electrons. The first-order valence-corrected chi connectivity index (χ1v) is 12.3. The van der Waals surface area contributed by atoms with Gasteiger partial charge in [0.1, 0.15) is 5.69 Å². The normalized spacial score (nSPS) is 13.3. The molecule has 0 aliphatic carbocycles. The largest absolute Gasteiger partial charge is 0.493 e. The second-order valence-corrected chi connectivity index (χ2v) is 10.1. The lowest BCUT2D eigenvalue weighted by atomic mass is 9.82. The molecule has 2 aromatic rings. The van der Waals surface area contributed by atoms with Gasteiger partial charge in [-0.2, -0.15) is 13.2 Å². The molecule has 2 rings (SSSR count). The Kier molecular flexibility index (Phi) is 9.36. The van der Waals surface area contributed by atoms with Crippen molar-refractivity contribution < 1.29 is 40.9 Å². The average molecular weight is 583 g/mol. The molecule has 18 heteroatoms. The number of carbonyl (C=O) groups is 2. The third kappa shape index (κ3) is 7.83. The van der Waals surface area contributed by atoms with Gasteiger partial charge in [0, 0.05) is 5.02 Å². The number of alkyl halides is 3. The molecule has 0 spiro atoms. The van der Waals surface area contributed by atoms with Crippen molar-refractivity contribution in [2.24, 2.45) is 11.5 Å². The molecule has 7 N–H and O–H groups in total. The summed E-state index contributed by atoms with van der Waals surface area (Å²) in [4.78, 5) is 46.0. The third-order valence-electron chi connectivity index (χ3n) is 4.95. The van der Waals surface area contributed by atoms with Gasteiger partial charge in [-0.05, 0) is 43.2 Å². The van der Waals surface area contributed by atoms with Gasteiger partial charge in [-0.1, -0.05) is 23.7 Å². The van der Waals surface area contributed by atoms with E-state index in [2.05, 4.69) is 4.84 Å². The van der Waals surface area contributed by atoms with Crippen molar-refractivity contribution in [3.05, 3.63) is 63.0 Å². The van der Waals surface area contributed by atoms with Crippen molar-refractivity contribution >= 4 is 45.1 Å². The van der Waals surface area contributed by atoms with Crippen LogP contribution in [0.3, 0.4) is 0 Å². The summed E-state index contributed by atoms with van der Waals surface area (Å²) in [5.74, 6) is -5.27. The molecule has 1 atom stereocenters. The van der Waals surface area contributed by atoms with Crippen LogP contribution in [0.4, 0.5) is 18.9 Å². The number of primary amides is 1. The molecule has 13 nitrogen and oxygen atoms in total. The fraction of sp³-hybridized carbons (Fsp3) is 0.300. The Balaban J connectivity index is 2.55. The summed E-state index contributed by atoms with van der Waals surface area (Å²) < 4.78 is 65.9. The van der Waals surface area contributed by atoms with E-state index in [1.165, 1.54) is 24.3 Å². The highest BCUT2D eigenvalue weighted by molar-refractivity contribution is 7.91. The molecule has 0 saturated heterocycles. The van der Waals surface area contributed by atoms with Crippen molar-refractivity contribution in [2.75, 3.05) is 11.3 Å². The molecule has 0 aliphatic rings. The van der Waals surface area contributed by atoms with E-state index in [9.17, 15) is 36.0 Å². The number of sulfonamides is 1. The monoisotopic (exact) mass is 582 g/mol. The van der Waals surface area contributed by atoms with Gasteiger partial charge in [0.05, 0.1) is 23.5 Å². The molecule has 1 unspecified atom stereocenters. The third-order valence-corrected chi connectivity index (χ3v) is 6.43. The van der Waals surface area contributed by atoms with Crippen LogP contribution in [0.5, 0.6) is 0 Å². The fourth-order valence-electron chi connectivity index (χ4n) is 3.04. The van der Waals surface area contributed by atoms with E-state index in [4.69, 9.17) is 33.3 Å². The maximum atomic E-state index is 13.1. The first-order chi connectivity index (χ1) is 17.5. The topological polar surface area (TPSA) is 209 Å². The first-order valence-electron chi connectivity index (χ1n) is 10.3. The molecular formula is C20H22ClF3N6O7S. The Morgan fingerprint density at radius 1 is 1.18 bits per heavy atom. The quantitative estimate of drug-likeness (QED) is 0.108. The molecule has 1 aromatic carbocycles. The average Bonchev–Trinajstić information content (AvgIpc) is 2.77. The predicted molar refractivity (Wildman–Crippen MR) is 128 cm³/mol. The van der Waals surface area contributed by atoms with E-state index < -0.39 is 75.2 Å². The number of pyridine rings is 1. The van der Waals surface area contributed by atoms with Gasteiger partial charge in [0.25, 0.3) is 0 Å². The number of nitrogens with one attached hydrogen (secondary N) is 3. The maximum Gasteiger partial charge on any atom is 0.493 e. The van der Waals surface area contributed by atoms with Crippen LogP contribution in [-0.4, -0.2) is 43.8 Å². The molecular weight excluding hydrogens is 561 g/mol. The van der Waals surface area contributed by atoms with Gasteiger partial charge >= 0.3 is 17.7 Å². The number of nitrogens with zero attached hydrogens (tertiary/aromatic N) is 1. The number of rotatable bonds is 11. The van der Waals surface area contributed by atoms with E-state index in [1.54, 1.807) is 0 Å². The van der Waals surface area contributed by atoms with Gasteiger partial charge in [-0.15, -0.1) is 4.73 Å². The molecule has 0 fully saturated rings. The van der Waals surface area contributed by atoms with Crippen molar-refractivity contribution in [2.45, 2.75) is 30.7 Å². The van der Waals surface area contributed by atoms with E-state index in [1.807, 2.05) is 10.2 Å². The Morgan fingerprint density at radius 2 is 1.84 bits per heavy atom. The lowest BCUT2D eigenvalue weighted by Crippen LogP contribution is -2.48. The molecule has 0 radical (unpaired) electrons. The highest BCUT2D eigenvalue weighted by Gasteiger charge is 2.44. The number of carbonyl (C=O) groups excluding carboxylic acids is 2. The lowest BCUT2D eigenvalue weighted by molar-refractivity contribution is -0.200. The molecule has 1 heterocycles. The van der Waals surface area contributed by atoms with E-state index >= 15 is 0 Å². The minimum atomic E-state index is -5.56. The van der Waals surface area contributed by atoms with Crippen LogP contribution in [0.1, 0.15) is 24.6 Å². The van der Waals surface area contributed by atoms with Gasteiger partial charge in [-0.25, -0.2) is 18.7 Å². The van der Waals surface area contributed by atoms with Crippen molar-refractivity contribution in [3.8, 4) is 0 Å². The van der Waals surface area contributed by atoms with E-state index in [-0.39, 0.29) is 15.3 Å². The zero-order valence-corrected chi connectivity index (χ0v) is 21.0. The van der Waals surface area contributed by atoms with E-state index in [0.717, 1.165) is 19.1 Å². The molecule has 1 amide bonds. The van der Waals surface area contributed by atoms with Crippen molar-refractivity contribution in [1.29, 1.82) is 5.41 Å². The Bertz CT molecular complexity index is 1400. The van der Waals surface area contributed by atoms with Gasteiger partial charge in [0.2, 0.25) is 21.9 Å². The molecule has 0 bridgehead atoms. The first kappa shape index (κ1) is 30.4.